The van der Waals surface area contributed by atoms with Crippen molar-refractivity contribution in [1.29, 1.82) is 0 Å². The van der Waals surface area contributed by atoms with Crippen LogP contribution < -0.4 is 0 Å². The van der Waals surface area contributed by atoms with Gasteiger partial charge in [0.25, 0.3) is 0 Å². The molecule has 0 bridgehead atoms. The van der Waals surface area contributed by atoms with E-state index in [0.717, 1.165) is 19.5 Å². The number of amides is 1. The van der Waals surface area contributed by atoms with Gasteiger partial charge in [0.1, 0.15) is 0 Å². The molecule has 2 fully saturated rings. The van der Waals surface area contributed by atoms with E-state index in [4.69, 9.17) is 0 Å². The van der Waals surface area contributed by atoms with Gasteiger partial charge in [-0.1, -0.05) is 19.8 Å². The highest BCUT2D eigenvalue weighted by molar-refractivity contribution is 5.77. The van der Waals surface area contributed by atoms with E-state index in [9.17, 15) is 4.79 Å². The van der Waals surface area contributed by atoms with E-state index in [1.807, 2.05) is 24.5 Å². The van der Waals surface area contributed by atoms with Gasteiger partial charge in [0.2, 0.25) is 5.91 Å². The average Bonchev–Trinajstić information content (AvgIpc) is 2.60. The highest BCUT2D eigenvalue weighted by Gasteiger charge is 2.41. The Morgan fingerprint density at radius 3 is 2.79 bits per heavy atom. The summed E-state index contributed by atoms with van der Waals surface area (Å²) in [4.78, 5) is 21.2. The summed E-state index contributed by atoms with van der Waals surface area (Å²) in [7, 11) is 0. The number of hydrogen-bond donors (Lipinski definition) is 0. The molecule has 2 aliphatic heterocycles. The van der Waals surface area contributed by atoms with Gasteiger partial charge < -0.3 is 9.80 Å². The van der Waals surface area contributed by atoms with Crippen molar-refractivity contribution < 1.29 is 4.79 Å². The van der Waals surface area contributed by atoms with Crippen molar-refractivity contribution >= 4 is 5.91 Å². The fraction of sp³-hybridized carbons (Fsp3) is 0.700. The van der Waals surface area contributed by atoms with Crippen molar-refractivity contribution in [2.24, 2.45) is 5.41 Å². The summed E-state index contributed by atoms with van der Waals surface area (Å²) in [6.45, 7) is 7.58. The van der Waals surface area contributed by atoms with Crippen molar-refractivity contribution in [2.75, 3.05) is 26.2 Å². The van der Waals surface area contributed by atoms with Gasteiger partial charge in [0, 0.05) is 43.9 Å². The Morgan fingerprint density at radius 2 is 2.00 bits per heavy atom. The summed E-state index contributed by atoms with van der Waals surface area (Å²) in [6.07, 6.45) is 11.9. The molecule has 1 aromatic rings. The summed E-state index contributed by atoms with van der Waals surface area (Å²) >= 11 is 0. The van der Waals surface area contributed by atoms with Crippen LogP contribution in [-0.2, 0) is 11.3 Å². The second-order valence-electron chi connectivity index (χ2n) is 7.69. The smallest absolute Gasteiger partial charge is 0.222 e. The van der Waals surface area contributed by atoms with Gasteiger partial charge in [-0.05, 0) is 56.5 Å². The topological polar surface area (TPSA) is 36.4 Å². The number of hydrogen-bond acceptors (Lipinski definition) is 3. The third-order valence-corrected chi connectivity index (χ3v) is 5.69. The van der Waals surface area contributed by atoms with E-state index in [0.29, 0.717) is 17.7 Å². The molecule has 4 nitrogen and oxygen atoms in total. The Hall–Kier alpha value is -1.42. The molecule has 2 aliphatic rings. The molecule has 0 aromatic carbocycles. The number of aromatic nitrogens is 1. The first-order valence-electron chi connectivity index (χ1n) is 9.60. The van der Waals surface area contributed by atoms with Crippen LogP contribution in [0.5, 0.6) is 0 Å². The zero-order valence-corrected chi connectivity index (χ0v) is 15.0. The molecule has 1 spiro atoms. The fourth-order valence-electron chi connectivity index (χ4n) is 4.37. The minimum atomic E-state index is 0.320. The number of rotatable bonds is 6. The summed E-state index contributed by atoms with van der Waals surface area (Å²) in [5.41, 5.74) is 1.51. The molecule has 0 radical (unpaired) electrons. The Morgan fingerprint density at radius 1 is 1.17 bits per heavy atom. The molecule has 0 unspecified atom stereocenters. The Kier molecular flexibility index (Phi) is 5.88. The lowest BCUT2D eigenvalue weighted by Crippen LogP contribution is -2.53. The maximum Gasteiger partial charge on any atom is 0.222 e. The van der Waals surface area contributed by atoms with Crippen molar-refractivity contribution in [3.63, 3.8) is 0 Å². The van der Waals surface area contributed by atoms with Gasteiger partial charge in [0.15, 0.2) is 0 Å². The predicted octanol–water partition coefficient (Wildman–Crippen LogP) is 3.48. The maximum atomic E-state index is 12.4. The molecule has 0 saturated carbocycles. The van der Waals surface area contributed by atoms with Crippen LogP contribution in [-0.4, -0.2) is 46.9 Å². The average molecular weight is 329 g/mol. The zero-order valence-electron chi connectivity index (χ0n) is 15.0. The summed E-state index contributed by atoms with van der Waals surface area (Å²) in [5.74, 6) is 0.320. The van der Waals surface area contributed by atoms with E-state index in [-0.39, 0.29) is 0 Å². The molecule has 1 aromatic heterocycles. The van der Waals surface area contributed by atoms with Crippen LogP contribution in [0, 0.1) is 5.41 Å². The number of nitrogens with zero attached hydrogens (tertiary/aromatic N) is 3. The summed E-state index contributed by atoms with van der Waals surface area (Å²) < 4.78 is 0. The quantitative estimate of drug-likeness (QED) is 0.750. The molecule has 3 heterocycles. The highest BCUT2D eigenvalue weighted by atomic mass is 16.2. The second kappa shape index (κ2) is 8.11. The van der Waals surface area contributed by atoms with Crippen LogP contribution in [0.3, 0.4) is 0 Å². The van der Waals surface area contributed by atoms with Gasteiger partial charge in [-0.15, -0.1) is 0 Å². The Labute approximate surface area is 146 Å². The van der Waals surface area contributed by atoms with Crippen LogP contribution >= 0.6 is 0 Å². The van der Waals surface area contributed by atoms with Crippen molar-refractivity contribution in [1.82, 2.24) is 14.8 Å². The molecule has 4 heteroatoms. The number of carbonyl (C=O) groups excluding carboxylic acids is 1. The molecular formula is C20H31N3O. The van der Waals surface area contributed by atoms with Gasteiger partial charge >= 0.3 is 0 Å². The van der Waals surface area contributed by atoms with Crippen molar-refractivity contribution in [3.8, 4) is 0 Å². The van der Waals surface area contributed by atoms with Crippen LogP contribution in [0.1, 0.15) is 57.4 Å². The van der Waals surface area contributed by atoms with E-state index in [2.05, 4.69) is 21.7 Å². The van der Waals surface area contributed by atoms with Gasteiger partial charge in [-0.3, -0.25) is 9.78 Å². The molecular weight excluding hydrogens is 298 g/mol. The highest BCUT2D eigenvalue weighted by Crippen LogP contribution is 2.39. The number of pyridine rings is 1. The van der Waals surface area contributed by atoms with Crippen LogP contribution in [0.2, 0.25) is 0 Å². The van der Waals surface area contributed by atoms with Gasteiger partial charge in [-0.2, -0.15) is 0 Å². The first-order valence-corrected chi connectivity index (χ1v) is 9.60. The number of unbranched alkanes of at least 4 members (excludes halogenated alkanes) is 2. The fourth-order valence-corrected chi connectivity index (χ4v) is 4.37. The molecule has 24 heavy (non-hydrogen) atoms. The first-order chi connectivity index (χ1) is 11.7. The Bertz CT molecular complexity index is 533. The van der Waals surface area contributed by atoms with Crippen molar-refractivity contribution in [2.45, 2.75) is 58.4 Å². The summed E-state index contributed by atoms with van der Waals surface area (Å²) in [6, 6.07) is 4.04. The minimum absolute atomic E-state index is 0.320. The third-order valence-electron chi connectivity index (χ3n) is 5.69. The number of piperidine rings is 2. The van der Waals surface area contributed by atoms with Crippen LogP contribution in [0.15, 0.2) is 24.5 Å². The molecule has 1 amide bonds. The largest absolute Gasteiger partial charge is 0.338 e. The normalized spacial score (nSPS) is 25.4. The SMILES string of the molecule is CCCCCN1CCC[C@]2(CCC(=O)N(Cc3ccncc3)C2)C1. The van der Waals surface area contributed by atoms with Gasteiger partial charge in [0.05, 0.1) is 0 Å². The zero-order chi connectivity index (χ0) is 16.8. The van der Waals surface area contributed by atoms with Crippen molar-refractivity contribution in [3.05, 3.63) is 30.1 Å². The monoisotopic (exact) mass is 329 g/mol. The lowest BCUT2D eigenvalue weighted by atomic mass is 9.73. The van der Waals surface area contributed by atoms with E-state index in [1.165, 1.54) is 57.3 Å². The Balaban J connectivity index is 1.61. The number of carbonyl (C=O) groups is 1. The molecule has 3 rings (SSSR count). The predicted molar refractivity (Wildman–Crippen MR) is 96.5 cm³/mol. The second-order valence-corrected chi connectivity index (χ2v) is 7.69. The lowest BCUT2D eigenvalue weighted by molar-refractivity contribution is -0.140. The van der Waals surface area contributed by atoms with E-state index < -0.39 is 0 Å². The first kappa shape index (κ1) is 17.4. The van der Waals surface area contributed by atoms with E-state index >= 15 is 0 Å². The molecule has 0 aliphatic carbocycles. The third kappa shape index (κ3) is 4.35. The maximum absolute atomic E-state index is 12.4. The molecule has 0 N–H and O–H groups in total. The standard InChI is InChI=1S/C20H31N3O/c1-2-3-4-13-22-14-5-9-20(16-22)10-6-19(24)23(17-20)15-18-7-11-21-12-8-18/h7-8,11-12H,2-6,9-10,13-17H2,1H3/t20-/m0/s1. The molecule has 2 saturated heterocycles. The summed E-state index contributed by atoms with van der Waals surface area (Å²) in [5, 5.41) is 0. The minimum Gasteiger partial charge on any atom is -0.338 e. The lowest BCUT2D eigenvalue weighted by Gasteiger charge is -2.48. The van der Waals surface area contributed by atoms with Crippen LogP contribution in [0.4, 0.5) is 0 Å². The van der Waals surface area contributed by atoms with Crippen LogP contribution in [0.25, 0.3) is 0 Å². The molecule has 132 valence electrons. The van der Waals surface area contributed by atoms with Gasteiger partial charge in [-0.25, -0.2) is 0 Å². The molecule has 1 atom stereocenters. The van der Waals surface area contributed by atoms with E-state index in [1.54, 1.807) is 0 Å². The number of likely N-dealkylation sites (tertiary alicyclic amines) is 2.